The molecular weight excluding hydrogens is 248 g/mol. The van der Waals surface area contributed by atoms with E-state index in [-0.39, 0.29) is 12.8 Å². The summed E-state index contributed by atoms with van der Waals surface area (Å²) in [5.41, 5.74) is 0.600. The van der Waals surface area contributed by atoms with Gasteiger partial charge in [0.15, 0.2) is 11.5 Å². The lowest BCUT2D eigenvalue weighted by Gasteiger charge is -2.06. The molecule has 1 aromatic rings. The number of hydrogen-bond donors (Lipinski definition) is 0. The van der Waals surface area contributed by atoms with Gasteiger partial charge in [0, 0.05) is 11.6 Å². The molecule has 0 atom stereocenters. The number of ether oxygens (including phenoxy) is 4. The van der Waals surface area contributed by atoms with Gasteiger partial charge >= 0.3 is 5.97 Å². The number of methoxy groups -OCH3 is 1. The van der Waals surface area contributed by atoms with Crippen molar-refractivity contribution in [2.24, 2.45) is 0 Å². The second-order valence-electron chi connectivity index (χ2n) is 3.90. The summed E-state index contributed by atoms with van der Waals surface area (Å²) < 4.78 is 20.7. The van der Waals surface area contributed by atoms with Gasteiger partial charge in [-0.3, -0.25) is 0 Å². The maximum absolute atomic E-state index is 11.4. The average molecular weight is 264 g/mol. The highest BCUT2D eigenvalue weighted by Gasteiger charge is 2.13. The highest BCUT2D eigenvalue weighted by molar-refractivity contribution is 5.88. The van der Waals surface area contributed by atoms with Crippen LogP contribution in [0.5, 0.6) is 17.2 Å². The minimum Gasteiger partial charge on any atom is -0.489 e. The van der Waals surface area contributed by atoms with Gasteiger partial charge in [-0.05, 0) is 24.6 Å². The summed E-state index contributed by atoms with van der Waals surface area (Å²) in [5, 5.41) is 0. The fourth-order valence-electron chi connectivity index (χ4n) is 1.71. The van der Waals surface area contributed by atoms with Crippen LogP contribution in [0.1, 0.15) is 13.3 Å². The lowest BCUT2D eigenvalue weighted by Crippen LogP contribution is -2.06. The van der Waals surface area contributed by atoms with Gasteiger partial charge in [0.2, 0.25) is 6.79 Å². The molecule has 0 aromatic heterocycles. The summed E-state index contributed by atoms with van der Waals surface area (Å²) >= 11 is 0. The van der Waals surface area contributed by atoms with Gasteiger partial charge in [-0.2, -0.15) is 0 Å². The smallest absolute Gasteiger partial charge is 0.333 e. The number of benzene rings is 1. The van der Waals surface area contributed by atoms with E-state index in [9.17, 15) is 4.79 Å². The van der Waals surface area contributed by atoms with E-state index >= 15 is 0 Å². The molecule has 5 heteroatoms. The van der Waals surface area contributed by atoms with Crippen LogP contribution in [0.2, 0.25) is 0 Å². The van der Waals surface area contributed by atoms with Crippen molar-refractivity contribution in [3.8, 4) is 17.2 Å². The Kier molecular flexibility index (Phi) is 4.28. The second kappa shape index (κ2) is 6.13. The Hall–Kier alpha value is -2.17. The first-order valence-corrected chi connectivity index (χ1v) is 6.04. The first-order chi connectivity index (χ1) is 9.24. The topological polar surface area (TPSA) is 54.0 Å². The molecule has 0 saturated heterocycles. The molecule has 5 nitrogen and oxygen atoms in total. The summed E-state index contributed by atoms with van der Waals surface area (Å²) in [6, 6.07) is 5.35. The van der Waals surface area contributed by atoms with E-state index in [0.29, 0.717) is 35.8 Å². The van der Waals surface area contributed by atoms with Crippen molar-refractivity contribution < 1.29 is 23.7 Å². The van der Waals surface area contributed by atoms with Crippen LogP contribution in [-0.4, -0.2) is 26.5 Å². The molecule has 19 heavy (non-hydrogen) atoms. The van der Waals surface area contributed by atoms with Crippen LogP contribution in [0.3, 0.4) is 0 Å². The third-order valence-electron chi connectivity index (χ3n) is 2.75. The van der Waals surface area contributed by atoms with Crippen molar-refractivity contribution in [2.75, 3.05) is 20.5 Å². The Balaban J connectivity index is 1.95. The molecule has 0 amide bonds. The van der Waals surface area contributed by atoms with E-state index in [4.69, 9.17) is 14.2 Å². The number of carbonyl (C=O) groups is 1. The molecule has 0 unspecified atom stereocenters. The maximum atomic E-state index is 11.4. The van der Waals surface area contributed by atoms with Crippen LogP contribution in [0.25, 0.3) is 0 Å². The molecule has 2 rings (SSSR count). The van der Waals surface area contributed by atoms with Crippen LogP contribution in [0.4, 0.5) is 0 Å². The van der Waals surface area contributed by atoms with E-state index in [1.807, 2.05) is 6.92 Å². The third kappa shape index (κ3) is 3.19. The van der Waals surface area contributed by atoms with Crippen LogP contribution in [-0.2, 0) is 9.53 Å². The monoisotopic (exact) mass is 264 g/mol. The van der Waals surface area contributed by atoms with Crippen LogP contribution >= 0.6 is 0 Å². The van der Waals surface area contributed by atoms with Gasteiger partial charge < -0.3 is 18.9 Å². The fraction of sp³-hybridized carbons (Fsp3) is 0.357. The van der Waals surface area contributed by atoms with Gasteiger partial charge in [0.05, 0.1) is 7.11 Å². The Morgan fingerprint density at radius 3 is 2.89 bits per heavy atom. The molecular formula is C14H16O5. The Labute approximate surface area is 111 Å². The quantitative estimate of drug-likeness (QED) is 0.603. The minimum absolute atomic E-state index is 0.237. The zero-order chi connectivity index (χ0) is 13.7. The predicted octanol–water partition coefficient (Wildman–Crippen LogP) is 2.30. The number of esters is 1. The van der Waals surface area contributed by atoms with Crippen LogP contribution < -0.4 is 14.2 Å². The SMILES string of the molecule is CCC(=CCOc1ccc2c(c1)OCO2)C(=O)OC. The lowest BCUT2D eigenvalue weighted by atomic mass is 10.2. The van der Waals surface area contributed by atoms with E-state index < -0.39 is 0 Å². The molecule has 1 heterocycles. The summed E-state index contributed by atoms with van der Waals surface area (Å²) in [6.07, 6.45) is 2.33. The van der Waals surface area contributed by atoms with Crippen molar-refractivity contribution in [1.29, 1.82) is 0 Å². The van der Waals surface area contributed by atoms with Gasteiger partial charge in [-0.15, -0.1) is 0 Å². The molecule has 102 valence electrons. The first kappa shape index (κ1) is 13.3. The Morgan fingerprint density at radius 1 is 1.37 bits per heavy atom. The summed E-state index contributed by atoms with van der Waals surface area (Å²) in [6.45, 7) is 2.43. The third-order valence-corrected chi connectivity index (χ3v) is 2.75. The van der Waals surface area contributed by atoms with Crippen molar-refractivity contribution in [2.45, 2.75) is 13.3 Å². The summed E-state index contributed by atoms with van der Waals surface area (Å²) in [7, 11) is 1.37. The van der Waals surface area contributed by atoms with Gasteiger partial charge in [-0.25, -0.2) is 4.79 Å². The highest BCUT2D eigenvalue weighted by atomic mass is 16.7. The molecule has 0 bridgehead atoms. The minimum atomic E-state index is -0.322. The molecule has 1 aromatic carbocycles. The number of rotatable bonds is 5. The lowest BCUT2D eigenvalue weighted by molar-refractivity contribution is -0.136. The Morgan fingerprint density at radius 2 is 2.16 bits per heavy atom. The van der Waals surface area contributed by atoms with Crippen molar-refractivity contribution in [3.05, 3.63) is 29.8 Å². The fourth-order valence-corrected chi connectivity index (χ4v) is 1.71. The standard InChI is InChI=1S/C14H16O5/c1-3-10(14(15)16-2)6-7-17-11-4-5-12-13(8-11)19-9-18-12/h4-6,8H,3,7,9H2,1-2H3. The maximum Gasteiger partial charge on any atom is 0.333 e. The molecule has 0 radical (unpaired) electrons. The van der Waals surface area contributed by atoms with E-state index in [2.05, 4.69) is 4.74 Å². The molecule has 1 aliphatic heterocycles. The number of hydrogen-bond acceptors (Lipinski definition) is 5. The van der Waals surface area contributed by atoms with E-state index in [0.717, 1.165) is 0 Å². The van der Waals surface area contributed by atoms with E-state index in [1.54, 1.807) is 24.3 Å². The van der Waals surface area contributed by atoms with Crippen molar-refractivity contribution in [3.63, 3.8) is 0 Å². The van der Waals surface area contributed by atoms with Gasteiger partial charge in [-0.1, -0.05) is 6.92 Å². The molecule has 0 fully saturated rings. The second-order valence-corrected chi connectivity index (χ2v) is 3.90. The zero-order valence-electron chi connectivity index (χ0n) is 11.0. The number of fused-ring (bicyclic) bond motifs is 1. The summed E-state index contributed by atoms with van der Waals surface area (Å²) in [4.78, 5) is 11.4. The molecule has 0 spiro atoms. The van der Waals surface area contributed by atoms with Crippen molar-refractivity contribution in [1.82, 2.24) is 0 Å². The predicted molar refractivity (Wildman–Crippen MR) is 68.5 cm³/mol. The first-order valence-electron chi connectivity index (χ1n) is 6.04. The van der Waals surface area contributed by atoms with Crippen LogP contribution in [0, 0.1) is 0 Å². The summed E-state index contributed by atoms with van der Waals surface area (Å²) in [5.74, 6) is 1.73. The molecule has 1 aliphatic rings. The molecule has 0 aliphatic carbocycles. The van der Waals surface area contributed by atoms with Crippen molar-refractivity contribution >= 4 is 5.97 Å². The van der Waals surface area contributed by atoms with Crippen LogP contribution in [0.15, 0.2) is 29.8 Å². The van der Waals surface area contributed by atoms with E-state index in [1.165, 1.54) is 7.11 Å². The molecule has 0 N–H and O–H groups in total. The van der Waals surface area contributed by atoms with Gasteiger partial charge in [0.1, 0.15) is 12.4 Å². The highest BCUT2D eigenvalue weighted by Crippen LogP contribution is 2.35. The Bertz CT molecular complexity index is 493. The normalized spacial score (nSPS) is 13.3. The number of carbonyl (C=O) groups excluding carboxylic acids is 1. The largest absolute Gasteiger partial charge is 0.489 e. The molecule has 0 saturated carbocycles. The zero-order valence-corrected chi connectivity index (χ0v) is 11.0. The average Bonchev–Trinajstić information content (AvgIpc) is 2.90. The van der Waals surface area contributed by atoms with Gasteiger partial charge in [0.25, 0.3) is 0 Å².